The predicted molar refractivity (Wildman–Crippen MR) is 72.4 cm³/mol. The molecule has 0 aliphatic heterocycles. The maximum absolute atomic E-state index is 13.1. The maximum Gasteiger partial charge on any atom is 0.449 e. The number of amides is 1. The zero-order valence-corrected chi connectivity index (χ0v) is 11.5. The second-order valence-electron chi connectivity index (χ2n) is 4.99. The summed E-state index contributed by atoms with van der Waals surface area (Å²) in [5.74, 6) is -1.62. The fourth-order valence-electron chi connectivity index (χ4n) is 2.03. The summed E-state index contributed by atoms with van der Waals surface area (Å²) in [7, 11) is 0. The number of imidazole rings is 1. The fourth-order valence-corrected chi connectivity index (χ4v) is 2.03. The van der Waals surface area contributed by atoms with Crippen molar-refractivity contribution in [3.8, 4) is 0 Å². The van der Waals surface area contributed by atoms with Crippen LogP contribution in [0.15, 0.2) is 18.2 Å². The van der Waals surface area contributed by atoms with Gasteiger partial charge in [0.15, 0.2) is 0 Å². The third-order valence-corrected chi connectivity index (χ3v) is 2.78. The SMILES string of the molecule is CC(C)NC(=O)Cn1c(C(F)(F)F)nc2cc(N)ccc21. The Bertz CT molecular complexity index is 676. The van der Waals surface area contributed by atoms with Crippen molar-refractivity contribution < 1.29 is 18.0 Å². The van der Waals surface area contributed by atoms with Crippen LogP contribution in [0, 0.1) is 0 Å². The Morgan fingerprint density at radius 3 is 2.67 bits per heavy atom. The molecule has 2 rings (SSSR count). The Morgan fingerprint density at radius 2 is 2.10 bits per heavy atom. The Kier molecular flexibility index (Phi) is 3.80. The number of nitrogens with two attached hydrogens (primary N) is 1. The molecule has 0 aliphatic rings. The van der Waals surface area contributed by atoms with Gasteiger partial charge in [0.25, 0.3) is 0 Å². The molecule has 0 aliphatic carbocycles. The lowest BCUT2D eigenvalue weighted by molar-refractivity contribution is -0.147. The number of nitrogen functional groups attached to an aromatic ring is 1. The first-order valence-corrected chi connectivity index (χ1v) is 6.31. The van der Waals surface area contributed by atoms with Crippen molar-refractivity contribution in [3.05, 3.63) is 24.0 Å². The minimum absolute atomic E-state index is 0.111. The minimum atomic E-state index is -4.65. The van der Waals surface area contributed by atoms with Crippen LogP contribution in [0.1, 0.15) is 19.7 Å². The topological polar surface area (TPSA) is 72.9 Å². The summed E-state index contributed by atoms with van der Waals surface area (Å²) in [4.78, 5) is 15.3. The van der Waals surface area contributed by atoms with E-state index in [9.17, 15) is 18.0 Å². The van der Waals surface area contributed by atoms with E-state index in [0.717, 1.165) is 4.57 Å². The molecule has 0 saturated carbocycles. The number of nitrogens with one attached hydrogen (secondary N) is 1. The molecule has 0 saturated heterocycles. The monoisotopic (exact) mass is 300 g/mol. The van der Waals surface area contributed by atoms with Crippen molar-refractivity contribution in [3.63, 3.8) is 0 Å². The van der Waals surface area contributed by atoms with Gasteiger partial charge in [-0.2, -0.15) is 13.2 Å². The molecule has 3 N–H and O–H groups in total. The van der Waals surface area contributed by atoms with Gasteiger partial charge in [-0.05, 0) is 32.0 Å². The molecule has 1 aromatic heterocycles. The van der Waals surface area contributed by atoms with Gasteiger partial charge in [-0.25, -0.2) is 4.98 Å². The van der Waals surface area contributed by atoms with E-state index in [0.29, 0.717) is 5.69 Å². The second kappa shape index (κ2) is 5.27. The first-order chi connectivity index (χ1) is 9.68. The molecule has 21 heavy (non-hydrogen) atoms. The van der Waals surface area contributed by atoms with Gasteiger partial charge >= 0.3 is 6.18 Å². The molecule has 0 radical (unpaired) electrons. The van der Waals surface area contributed by atoms with Gasteiger partial charge < -0.3 is 15.6 Å². The van der Waals surface area contributed by atoms with Crippen molar-refractivity contribution in [2.75, 3.05) is 5.73 Å². The predicted octanol–water partition coefficient (Wildman–Crippen LogP) is 2.16. The number of hydrogen-bond acceptors (Lipinski definition) is 3. The lowest BCUT2D eigenvalue weighted by Gasteiger charge is -2.13. The number of benzene rings is 1. The summed E-state index contributed by atoms with van der Waals surface area (Å²) >= 11 is 0. The molecule has 0 bridgehead atoms. The third kappa shape index (κ3) is 3.26. The highest BCUT2D eigenvalue weighted by atomic mass is 19.4. The van der Waals surface area contributed by atoms with Gasteiger partial charge in [0.05, 0.1) is 11.0 Å². The van der Waals surface area contributed by atoms with Crippen molar-refractivity contribution >= 4 is 22.6 Å². The van der Waals surface area contributed by atoms with Crippen LogP contribution in [0.25, 0.3) is 11.0 Å². The number of hydrogen-bond donors (Lipinski definition) is 2. The van der Waals surface area contributed by atoms with Crippen LogP contribution in [0.2, 0.25) is 0 Å². The van der Waals surface area contributed by atoms with Crippen molar-refractivity contribution in [1.82, 2.24) is 14.9 Å². The van der Waals surface area contributed by atoms with Crippen molar-refractivity contribution in [2.24, 2.45) is 0 Å². The number of aromatic nitrogens is 2. The molecule has 1 amide bonds. The number of carbonyl (C=O) groups excluding carboxylic acids is 1. The van der Waals surface area contributed by atoms with Crippen molar-refractivity contribution in [1.29, 1.82) is 0 Å². The molecule has 0 unspecified atom stereocenters. The quantitative estimate of drug-likeness (QED) is 0.853. The molecule has 5 nitrogen and oxygen atoms in total. The molecule has 0 fully saturated rings. The van der Waals surface area contributed by atoms with Gasteiger partial charge in [0, 0.05) is 11.7 Å². The Morgan fingerprint density at radius 1 is 1.43 bits per heavy atom. The second-order valence-corrected chi connectivity index (χ2v) is 4.99. The van der Waals surface area contributed by atoms with Gasteiger partial charge in [-0.3, -0.25) is 4.79 Å². The average molecular weight is 300 g/mol. The smallest absolute Gasteiger partial charge is 0.399 e. The normalized spacial score (nSPS) is 12.1. The Balaban J connectivity index is 2.51. The van der Waals surface area contributed by atoms with Gasteiger partial charge in [0.2, 0.25) is 11.7 Å². The maximum atomic E-state index is 13.1. The number of rotatable bonds is 3. The molecule has 0 spiro atoms. The van der Waals surface area contributed by atoms with E-state index in [-0.39, 0.29) is 17.1 Å². The van der Waals surface area contributed by atoms with E-state index in [1.807, 2.05) is 0 Å². The average Bonchev–Trinajstić information content (AvgIpc) is 2.65. The number of halogens is 3. The molecule has 1 aromatic carbocycles. The van der Waals surface area contributed by atoms with Gasteiger partial charge in [-0.1, -0.05) is 0 Å². The highest BCUT2D eigenvalue weighted by Crippen LogP contribution is 2.32. The highest BCUT2D eigenvalue weighted by molar-refractivity contribution is 5.83. The number of alkyl halides is 3. The van der Waals surface area contributed by atoms with Crippen LogP contribution in [0.3, 0.4) is 0 Å². The van der Waals surface area contributed by atoms with Crippen LogP contribution >= 0.6 is 0 Å². The van der Waals surface area contributed by atoms with E-state index >= 15 is 0 Å². The van der Waals surface area contributed by atoms with Crippen molar-refractivity contribution in [2.45, 2.75) is 32.6 Å². The Labute approximate surface area is 118 Å². The number of nitrogens with zero attached hydrogens (tertiary/aromatic N) is 2. The van der Waals surface area contributed by atoms with Crippen LogP contribution in [-0.2, 0) is 17.5 Å². The van der Waals surface area contributed by atoms with Crippen LogP contribution < -0.4 is 11.1 Å². The lowest BCUT2D eigenvalue weighted by Crippen LogP contribution is -2.34. The molecule has 2 aromatic rings. The molecule has 114 valence electrons. The molecule has 0 atom stereocenters. The van der Waals surface area contributed by atoms with E-state index in [1.165, 1.54) is 18.2 Å². The summed E-state index contributed by atoms with van der Waals surface area (Å²) < 4.78 is 40.0. The molecule has 1 heterocycles. The summed E-state index contributed by atoms with van der Waals surface area (Å²) in [6.45, 7) is 3.01. The molecular formula is C13H15F3N4O. The van der Waals surface area contributed by atoms with Gasteiger partial charge in [0.1, 0.15) is 6.54 Å². The van der Waals surface area contributed by atoms with E-state index < -0.39 is 24.5 Å². The van der Waals surface area contributed by atoms with Gasteiger partial charge in [-0.15, -0.1) is 0 Å². The minimum Gasteiger partial charge on any atom is -0.399 e. The molecular weight excluding hydrogens is 285 g/mol. The van der Waals surface area contributed by atoms with E-state index in [1.54, 1.807) is 13.8 Å². The largest absolute Gasteiger partial charge is 0.449 e. The summed E-state index contributed by atoms with van der Waals surface area (Å²) in [5, 5.41) is 2.56. The first kappa shape index (κ1) is 15.1. The van der Waals surface area contributed by atoms with E-state index in [4.69, 9.17) is 5.73 Å². The summed E-state index contributed by atoms with van der Waals surface area (Å²) in [6, 6.07) is 4.09. The zero-order valence-electron chi connectivity index (χ0n) is 11.5. The third-order valence-electron chi connectivity index (χ3n) is 2.78. The Hall–Kier alpha value is -2.25. The highest BCUT2D eigenvalue weighted by Gasteiger charge is 2.38. The van der Waals surface area contributed by atoms with Crippen LogP contribution in [0.5, 0.6) is 0 Å². The zero-order chi connectivity index (χ0) is 15.8. The summed E-state index contributed by atoms with van der Waals surface area (Å²) in [6.07, 6.45) is -4.65. The fraction of sp³-hybridized carbons (Fsp3) is 0.385. The van der Waals surface area contributed by atoms with Crippen LogP contribution in [0.4, 0.5) is 18.9 Å². The number of anilines is 1. The van der Waals surface area contributed by atoms with E-state index in [2.05, 4.69) is 10.3 Å². The summed E-state index contributed by atoms with van der Waals surface area (Å²) in [5.41, 5.74) is 6.19. The van der Waals surface area contributed by atoms with Crippen LogP contribution in [-0.4, -0.2) is 21.5 Å². The lowest BCUT2D eigenvalue weighted by atomic mass is 10.3. The number of carbonyl (C=O) groups is 1. The number of fused-ring (bicyclic) bond motifs is 1. The standard InChI is InChI=1S/C13H15F3N4O/c1-7(2)18-11(21)6-20-10-4-3-8(17)5-9(10)19-12(20)13(14,15)16/h3-5,7H,6,17H2,1-2H3,(H,18,21). The molecule has 8 heteroatoms. The first-order valence-electron chi connectivity index (χ1n) is 6.31.